The van der Waals surface area contributed by atoms with Gasteiger partial charge in [-0.15, -0.1) is 0 Å². The van der Waals surface area contributed by atoms with E-state index in [0.717, 1.165) is 24.2 Å². The minimum atomic E-state index is -0.518. The summed E-state index contributed by atoms with van der Waals surface area (Å²) in [7, 11) is 1.67. The molecule has 0 unspecified atom stereocenters. The molecule has 1 atom stereocenters. The zero-order valence-corrected chi connectivity index (χ0v) is 14.0. The number of aryl methyl sites for hydroxylation is 1. The third kappa shape index (κ3) is 3.43. The first-order valence-electron chi connectivity index (χ1n) is 8.05. The molecule has 0 saturated carbocycles. The number of rotatable bonds is 5. The molecule has 24 heavy (non-hydrogen) atoms. The Morgan fingerprint density at radius 3 is 2.96 bits per heavy atom. The maximum Gasteiger partial charge on any atom is 0.291 e. The molecule has 128 valence electrons. The number of methoxy groups -OCH3 is 1. The molecule has 0 radical (unpaired) electrons. The molecular formula is C18H22N2O4. The van der Waals surface area contributed by atoms with E-state index < -0.39 is 5.60 Å². The maximum atomic E-state index is 12.5. The Morgan fingerprint density at radius 2 is 2.25 bits per heavy atom. The second-order valence-electron chi connectivity index (χ2n) is 6.14. The van der Waals surface area contributed by atoms with Gasteiger partial charge in [-0.3, -0.25) is 4.79 Å². The smallest absolute Gasteiger partial charge is 0.291 e. The second-order valence-corrected chi connectivity index (χ2v) is 6.14. The van der Waals surface area contributed by atoms with Gasteiger partial charge in [0.05, 0.1) is 12.7 Å². The number of para-hydroxylation sites is 1. The number of oxazole rings is 1. The van der Waals surface area contributed by atoms with Crippen molar-refractivity contribution in [3.63, 3.8) is 0 Å². The lowest BCUT2D eigenvalue weighted by atomic mass is 9.93. The second kappa shape index (κ2) is 7.05. The summed E-state index contributed by atoms with van der Waals surface area (Å²) < 4.78 is 16.9. The Morgan fingerprint density at radius 1 is 1.42 bits per heavy atom. The van der Waals surface area contributed by atoms with E-state index in [4.69, 9.17) is 13.9 Å². The van der Waals surface area contributed by atoms with Crippen LogP contribution < -0.4 is 4.74 Å². The van der Waals surface area contributed by atoms with Crippen LogP contribution in [-0.2, 0) is 4.74 Å². The van der Waals surface area contributed by atoms with Crippen molar-refractivity contribution in [1.82, 2.24) is 9.88 Å². The van der Waals surface area contributed by atoms with Gasteiger partial charge in [-0.25, -0.2) is 4.98 Å². The van der Waals surface area contributed by atoms with Crippen LogP contribution in [0.3, 0.4) is 0 Å². The average molecular weight is 330 g/mol. The molecular weight excluding hydrogens is 308 g/mol. The van der Waals surface area contributed by atoms with E-state index in [1.54, 1.807) is 12.0 Å². The molecule has 6 nitrogen and oxygen atoms in total. The molecule has 2 heterocycles. The normalized spacial score (nSPS) is 20.8. The Hall–Kier alpha value is -2.34. The third-order valence-electron chi connectivity index (χ3n) is 4.49. The van der Waals surface area contributed by atoms with Crippen molar-refractivity contribution in [2.45, 2.75) is 25.4 Å². The summed E-state index contributed by atoms with van der Waals surface area (Å²) in [5.74, 6) is 0.929. The molecule has 1 aromatic carbocycles. The van der Waals surface area contributed by atoms with Crippen LogP contribution in [0.2, 0.25) is 0 Å². The highest BCUT2D eigenvalue weighted by molar-refractivity contribution is 5.91. The molecule has 0 spiro atoms. The fourth-order valence-electron chi connectivity index (χ4n) is 3.02. The van der Waals surface area contributed by atoms with E-state index in [1.165, 1.54) is 12.6 Å². The van der Waals surface area contributed by atoms with Crippen LogP contribution in [0.15, 0.2) is 41.3 Å². The molecule has 1 aromatic heterocycles. The minimum Gasteiger partial charge on any atom is -0.490 e. The van der Waals surface area contributed by atoms with Gasteiger partial charge in [-0.2, -0.15) is 0 Å². The Labute approximate surface area is 141 Å². The van der Waals surface area contributed by atoms with Gasteiger partial charge >= 0.3 is 0 Å². The lowest BCUT2D eigenvalue weighted by molar-refractivity contribution is -0.0829. The molecule has 1 aliphatic heterocycles. The predicted octanol–water partition coefficient (Wildman–Crippen LogP) is 2.68. The summed E-state index contributed by atoms with van der Waals surface area (Å²) in [6, 6.07) is 7.88. The summed E-state index contributed by atoms with van der Waals surface area (Å²) >= 11 is 0. The van der Waals surface area contributed by atoms with Crippen molar-refractivity contribution in [2.24, 2.45) is 0 Å². The number of ether oxygens (including phenoxy) is 2. The fourth-order valence-corrected chi connectivity index (χ4v) is 3.02. The first-order chi connectivity index (χ1) is 11.6. The van der Waals surface area contributed by atoms with Crippen molar-refractivity contribution in [3.8, 4) is 5.75 Å². The number of amides is 1. The number of hydrogen-bond acceptors (Lipinski definition) is 5. The number of nitrogens with zero attached hydrogens (tertiary/aromatic N) is 2. The lowest BCUT2D eigenvalue weighted by Gasteiger charge is -2.41. The summed E-state index contributed by atoms with van der Waals surface area (Å²) in [6.07, 6.45) is 4.40. The van der Waals surface area contributed by atoms with Gasteiger partial charge in [0.1, 0.15) is 18.0 Å². The van der Waals surface area contributed by atoms with Crippen molar-refractivity contribution >= 4 is 5.91 Å². The standard InChI is InChI=1S/C18H22N2O4/c1-14-6-3-4-7-15(14)23-12-18(22-2)8-5-9-20(11-18)17(21)16-10-19-13-24-16/h3-4,6-7,10,13H,5,8-9,11-12H2,1-2H3/t18-/m1/s1. The number of likely N-dealkylation sites (tertiary alicyclic amines) is 1. The molecule has 2 aromatic rings. The first-order valence-corrected chi connectivity index (χ1v) is 8.05. The van der Waals surface area contributed by atoms with Crippen molar-refractivity contribution in [1.29, 1.82) is 0 Å². The van der Waals surface area contributed by atoms with Crippen LogP contribution in [-0.4, -0.2) is 48.2 Å². The van der Waals surface area contributed by atoms with E-state index in [2.05, 4.69) is 4.98 Å². The summed E-state index contributed by atoms with van der Waals surface area (Å²) in [5.41, 5.74) is 0.560. The number of carbonyl (C=O) groups is 1. The molecule has 1 aliphatic rings. The molecule has 1 amide bonds. The van der Waals surface area contributed by atoms with Crippen LogP contribution >= 0.6 is 0 Å². The van der Waals surface area contributed by atoms with Crippen LogP contribution in [0.25, 0.3) is 0 Å². The van der Waals surface area contributed by atoms with Gasteiger partial charge in [0.15, 0.2) is 6.39 Å². The largest absolute Gasteiger partial charge is 0.490 e. The van der Waals surface area contributed by atoms with E-state index in [0.29, 0.717) is 19.7 Å². The highest BCUT2D eigenvalue weighted by Gasteiger charge is 2.39. The number of aromatic nitrogens is 1. The highest BCUT2D eigenvalue weighted by Crippen LogP contribution is 2.28. The fraction of sp³-hybridized carbons (Fsp3) is 0.444. The molecule has 0 aliphatic carbocycles. The highest BCUT2D eigenvalue weighted by atomic mass is 16.5. The van der Waals surface area contributed by atoms with Gasteiger partial charge in [-0.05, 0) is 31.4 Å². The average Bonchev–Trinajstić information content (AvgIpc) is 3.15. The number of carbonyl (C=O) groups excluding carboxylic acids is 1. The number of hydrogen-bond donors (Lipinski definition) is 0. The van der Waals surface area contributed by atoms with E-state index >= 15 is 0 Å². The maximum absolute atomic E-state index is 12.5. The van der Waals surface area contributed by atoms with Gasteiger partial charge in [-0.1, -0.05) is 18.2 Å². The molecule has 0 N–H and O–H groups in total. The Balaban J connectivity index is 1.69. The van der Waals surface area contributed by atoms with Gasteiger partial charge in [0.25, 0.3) is 5.91 Å². The zero-order chi connectivity index (χ0) is 17.0. The topological polar surface area (TPSA) is 64.8 Å². The molecule has 1 saturated heterocycles. The van der Waals surface area contributed by atoms with E-state index in [-0.39, 0.29) is 11.7 Å². The van der Waals surface area contributed by atoms with Crippen LogP contribution in [0.4, 0.5) is 0 Å². The van der Waals surface area contributed by atoms with E-state index in [1.807, 2.05) is 31.2 Å². The van der Waals surface area contributed by atoms with Crippen LogP contribution in [0.1, 0.15) is 29.0 Å². The molecule has 0 bridgehead atoms. The molecule has 1 fully saturated rings. The summed E-state index contributed by atoms with van der Waals surface area (Å²) in [5, 5.41) is 0. The zero-order valence-electron chi connectivity index (χ0n) is 14.0. The quantitative estimate of drug-likeness (QED) is 0.843. The molecule has 3 rings (SSSR count). The lowest BCUT2D eigenvalue weighted by Crippen LogP contribution is -2.54. The Kier molecular flexibility index (Phi) is 4.85. The first kappa shape index (κ1) is 16.5. The third-order valence-corrected chi connectivity index (χ3v) is 4.49. The van der Waals surface area contributed by atoms with Gasteiger partial charge < -0.3 is 18.8 Å². The van der Waals surface area contributed by atoms with Gasteiger partial charge in [0, 0.05) is 13.7 Å². The van der Waals surface area contributed by atoms with Crippen molar-refractivity contribution < 1.29 is 18.7 Å². The predicted molar refractivity (Wildman–Crippen MR) is 88.1 cm³/mol. The van der Waals surface area contributed by atoms with Crippen LogP contribution in [0, 0.1) is 6.92 Å². The van der Waals surface area contributed by atoms with Crippen molar-refractivity contribution in [2.75, 3.05) is 26.8 Å². The molecule has 6 heteroatoms. The minimum absolute atomic E-state index is 0.162. The number of benzene rings is 1. The summed E-state index contributed by atoms with van der Waals surface area (Å²) in [6.45, 7) is 3.55. The monoisotopic (exact) mass is 330 g/mol. The Bertz CT molecular complexity index is 686. The SMILES string of the molecule is CO[C@]1(COc2ccccc2C)CCCN(C(=O)c2cnco2)C1. The van der Waals surface area contributed by atoms with Crippen molar-refractivity contribution in [3.05, 3.63) is 48.2 Å². The van der Waals surface area contributed by atoms with Gasteiger partial charge in [0.2, 0.25) is 5.76 Å². The van der Waals surface area contributed by atoms with E-state index in [9.17, 15) is 4.79 Å². The summed E-state index contributed by atoms with van der Waals surface area (Å²) in [4.78, 5) is 18.0. The van der Waals surface area contributed by atoms with Crippen LogP contribution in [0.5, 0.6) is 5.75 Å². The number of piperidine rings is 1.